The van der Waals surface area contributed by atoms with E-state index >= 15 is 0 Å². The number of benzene rings is 2. The van der Waals surface area contributed by atoms with Crippen molar-refractivity contribution in [3.8, 4) is 5.75 Å². The highest BCUT2D eigenvalue weighted by atomic mass is 16.5. The first kappa shape index (κ1) is 19.4. The number of nitrogens with one attached hydrogen (secondary N) is 2. The summed E-state index contributed by atoms with van der Waals surface area (Å²) in [5.74, 6) is 1.94. The fourth-order valence-electron chi connectivity index (χ4n) is 3.22. The second-order valence-electron chi connectivity index (χ2n) is 7.88. The Labute approximate surface area is 162 Å². The van der Waals surface area contributed by atoms with Gasteiger partial charge in [0.2, 0.25) is 5.91 Å². The molecule has 2 N–H and O–H groups in total. The van der Waals surface area contributed by atoms with Gasteiger partial charge >= 0.3 is 0 Å². The Bertz CT molecular complexity index is 779. The molecule has 4 nitrogen and oxygen atoms in total. The number of aryl methyl sites for hydroxylation is 1. The molecule has 144 valence electrons. The number of rotatable bonds is 7. The van der Waals surface area contributed by atoms with Gasteiger partial charge in [-0.1, -0.05) is 45.0 Å². The van der Waals surface area contributed by atoms with Crippen molar-refractivity contribution in [2.45, 2.75) is 40.2 Å². The van der Waals surface area contributed by atoms with Gasteiger partial charge in [-0.05, 0) is 66.7 Å². The standard InChI is InChI=1S/C23H30N2O2/c1-15(2)21-10-5-16(3)11-22(21)27-14-18-6-8-20(9-7-18)25-23(26)17(4)19-12-24-13-19/h5-11,15,17,19,24H,12-14H2,1-4H3,(H,25,26). The lowest BCUT2D eigenvalue weighted by Crippen LogP contribution is -2.48. The minimum absolute atomic E-state index is 0.0324. The molecule has 1 atom stereocenters. The third-order valence-corrected chi connectivity index (χ3v) is 5.34. The van der Waals surface area contributed by atoms with E-state index in [2.05, 4.69) is 49.6 Å². The first-order valence-corrected chi connectivity index (χ1v) is 9.78. The summed E-state index contributed by atoms with van der Waals surface area (Å²) in [6.45, 7) is 10.8. The van der Waals surface area contributed by atoms with E-state index in [1.165, 1.54) is 11.1 Å². The van der Waals surface area contributed by atoms with Gasteiger partial charge in [0.1, 0.15) is 12.4 Å². The Morgan fingerprint density at radius 3 is 2.44 bits per heavy atom. The Kier molecular flexibility index (Phi) is 6.17. The van der Waals surface area contributed by atoms with Crippen LogP contribution in [-0.2, 0) is 11.4 Å². The largest absolute Gasteiger partial charge is 0.489 e. The molecule has 0 aromatic heterocycles. The molecular formula is C23H30N2O2. The Balaban J connectivity index is 1.58. The molecule has 1 aliphatic rings. The molecule has 27 heavy (non-hydrogen) atoms. The highest BCUT2D eigenvalue weighted by molar-refractivity contribution is 5.92. The maximum atomic E-state index is 12.3. The summed E-state index contributed by atoms with van der Waals surface area (Å²) in [4.78, 5) is 12.3. The van der Waals surface area contributed by atoms with Crippen molar-refractivity contribution in [1.29, 1.82) is 0 Å². The summed E-state index contributed by atoms with van der Waals surface area (Å²) in [5.41, 5.74) is 4.34. The molecule has 1 fully saturated rings. The normalized spacial score (nSPS) is 15.3. The minimum atomic E-state index is 0.0324. The number of carbonyl (C=O) groups is 1. The zero-order valence-electron chi connectivity index (χ0n) is 16.7. The minimum Gasteiger partial charge on any atom is -0.489 e. The number of hydrogen-bond acceptors (Lipinski definition) is 3. The molecule has 1 aliphatic heterocycles. The average molecular weight is 367 g/mol. The third kappa shape index (κ3) is 4.89. The monoisotopic (exact) mass is 366 g/mol. The van der Waals surface area contributed by atoms with Crippen LogP contribution in [-0.4, -0.2) is 19.0 Å². The van der Waals surface area contributed by atoms with Crippen molar-refractivity contribution >= 4 is 11.6 Å². The number of ether oxygens (including phenoxy) is 1. The van der Waals surface area contributed by atoms with Crippen LogP contribution in [0.1, 0.15) is 43.4 Å². The zero-order chi connectivity index (χ0) is 19.4. The van der Waals surface area contributed by atoms with Gasteiger partial charge in [-0.2, -0.15) is 0 Å². The van der Waals surface area contributed by atoms with Gasteiger partial charge in [-0.15, -0.1) is 0 Å². The maximum absolute atomic E-state index is 12.3. The van der Waals surface area contributed by atoms with Gasteiger partial charge in [0.25, 0.3) is 0 Å². The van der Waals surface area contributed by atoms with Gasteiger partial charge in [-0.25, -0.2) is 0 Å². The van der Waals surface area contributed by atoms with Crippen molar-refractivity contribution in [3.05, 3.63) is 59.2 Å². The molecule has 1 saturated heterocycles. The molecule has 0 spiro atoms. The van der Waals surface area contributed by atoms with Gasteiger partial charge in [0, 0.05) is 11.6 Å². The molecular weight excluding hydrogens is 336 g/mol. The summed E-state index contributed by atoms with van der Waals surface area (Å²) in [6, 6.07) is 14.3. The SMILES string of the molecule is Cc1ccc(C(C)C)c(OCc2ccc(NC(=O)C(C)C3CNC3)cc2)c1. The van der Waals surface area contributed by atoms with E-state index in [0.717, 1.165) is 30.1 Å². The predicted octanol–water partition coefficient (Wildman–Crippen LogP) is 4.49. The summed E-state index contributed by atoms with van der Waals surface area (Å²) < 4.78 is 6.08. The van der Waals surface area contributed by atoms with Gasteiger partial charge in [0.15, 0.2) is 0 Å². The Morgan fingerprint density at radius 2 is 1.85 bits per heavy atom. The second-order valence-corrected chi connectivity index (χ2v) is 7.88. The molecule has 2 aromatic rings. The lowest BCUT2D eigenvalue weighted by atomic mass is 9.88. The number of anilines is 1. The zero-order valence-corrected chi connectivity index (χ0v) is 16.7. The van der Waals surface area contributed by atoms with E-state index in [1.807, 2.05) is 31.2 Å². The van der Waals surface area contributed by atoms with Crippen LogP contribution in [0.25, 0.3) is 0 Å². The average Bonchev–Trinajstić information content (AvgIpc) is 2.59. The van der Waals surface area contributed by atoms with Crippen molar-refractivity contribution in [3.63, 3.8) is 0 Å². The van der Waals surface area contributed by atoms with Crippen LogP contribution in [0.3, 0.4) is 0 Å². The van der Waals surface area contributed by atoms with E-state index in [1.54, 1.807) is 0 Å². The first-order chi connectivity index (χ1) is 12.9. The molecule has 1 heterocycles. The number of hydrogen-bond donors (Lipinski definition) is 2. The van der Waals surface area contributed by atoms with E-state index in [4.69, 9.17) is 4.74 Å². The van der Waals surface area contributed by atoms with E-state index < -0.39 is 0 Å². The van der Waals surface area contributed by atoms with Crippen LogP contribution >= 0.6 is 0 Å². The number of carbonyl (C=O) groups excluding carboxylic acids is 1. The fraction of sp³-hybridized carbons (Fsp3) is 0.435. The molecule has 0 aliphatic carbocycles. The third-order valence-electron chi connectivity index (χ3n) is 5.34. The predicted molar refractivity (Wildman–Crippen MR) is 110 cm³/mol. The quantitative estimate of drug-likeness (QED) is 0.759. The lowest BCUT2D eigenvalue weighted by Gasteiger charge is -2.31. The maximum Gasteiger partial charge on any atom is 0.227 e. The van der Waals surface area contributed by atoms with Crippen molar-refractivity contribution in [2.24, 2.45) is 11.8 Å². The van der Waals surface area contributed by atoms with Crippen LogP contribution in [0.2, 0.25) is 0 Å². The topological polar surface area (TPSA) is 50.4 Å². The van der Waals surface area contributed by atoms with E-state index in [0.29, 0.717) is 18.4 Å². The lowest BCUT2D eigenvalue weighted by molar-refractivity contribution is -0.121. The van der Waals surface area contributed by atoms with Gasteiger partial charge in [-0.3, -0.25) is 4.79 Å². The van der Waals surface area contributed by atoms with Crippen molar-refractivity contribution in [1.82, 2.24) is 5.32 Å². The summed E-state index contributed by atoms with van der Waals surface area (Å²) in [6.07, 6.45) is 0. The first-order valence-electron chi connectivity index (χ1n) is 9.78. The molecule has 3 rings (SSSR count). The van der Waals surface area contributed by atoms with Gasteiger partial charge < -0.3 is 15.4 Å². The summed E-state index contributed by atoms with van der Waals surface area (Å²) in [7, 11) is 0. The van der Waals surface area contributed by atoms with Gasteiger partial charge in [0.05, 0.1) is 0 Å². The molecule has 1 amide bonds. The van der Waals surface area contributed by atoms with E-state index in [9.17, 15) is 4.79 Å². The van der Waals surface area contributed by atoms with Crippen LogP contribution in [0.5, 0.6) is 5.75 Å². The van der Waals surface area contributed by atoms with Crippen LogP contribution in [0.4, 0.5) is 5.69 Å². The highest BCUT2D eigenvalue weighted by Gasteiger charge is 2.28. The molecule has 0 bridgehead atoms. The molecule has 1 unspecified atom stereocenters. The second kappa shape index (κ2) is 8.57. The molecule has 0 radical (unpaired) electrons. The molecule has 4 heteroatoms. The fourth-order valence-corrected chi connectivity index (χ4v) is 3.22. The highest BCUT2D eigenvalue weighted by Crippen LogP contribution is 2.28. The Morgan fingerprint density at radius 1 is 1.15 bits per heavy atom. The van der Waals surface area contributed by atoms with Crippen molar-refractivity contribution in [2.75, 3.05) is 18.4 Å². The Hall–Kier alpha value is -2.33. The van der Waals surface area contributed by atoms with Crippen molar-refractivity contribution < 1.29 is 9.53 Å². The summed E-state index contributed by atoms with van der Waals surface area (Å²) >= 11 is 0. The van der Waals surface area contributed by atoms with Crippen LogP contribution in [0.15, 0.2) is 42.5 Å². The van der Waals surface area contributed by atoms with Crippen LogP contribution in [0, 0.1) is 18.8 Å². The summed E-state index contributed by atoms with van der Waals surface area (Å²) in [5, 5.41) is 6.23. The molecule has 0 saturated carbocycles. The number of amides is 1. The molecule has 2 aromatic carbocycles. The van der Waals surface area contributed by atoms with Crippen LogP contribution < -0.4 is 15.4 Å². The smallest absolute Gasteiger partial charge is 0.227 e. The van der Waals surface area contributed by atoms with E-state index in [-0.39, 0.29) is 11.8 Å².